The molecule has 0 saturated carbocycles. The molecule has 90 valence electrons. The minimum absolute atomic E-state index is 0.237. The van der Waals surface area contributed by atoms with Crippen molar-refractivity contribution in [3.63, 3.8) is 0 Å². The number of rotatable bonds is 3. The molecule has 1 aromatic rings. The predicted octanol–water partition coefficient (Wildman–Crippen LogP) is 0.741. The van der Waals surface area contributed by atoms with Crippen molar-refractivity contribution in [3.05, 3.63) is 11.7 Å². The molecule has 16 heavy (non-hydrogen) atoms. The average molecular weight is 227 g/mol. The monoisotopic (exact) mass is 227 g/mol. The molecule has 0 aliphatic carbocycles. The van der Waals surface area contributed by atoms with Gasteiger partial charge >= 0.3 is 0 Å². The van der Waals surface area contributed by atoms with E-state index in [9.17, 15) is 0 Å². The van der Waals surface area contributed by atoms with Crippen LogP contribution in [-0.4, -0.2) is 30.0 Å². The molecule has 1 aliphatic rings. The Morgan fingerprint density at radius 3 is 2.94 bits per heavy atom. The van der Waals surface area contributed by atoms with Gasteiger partial charge in [0, 0.05) is 0 Å². The Bertz CT molecular complexity index is 345. The summed E-state index contributed by atoms with van der Waals surface area (Å²) in [4.78, 5) is 4.27. The molecule has 2 heterocycles. The molecule has 0 radical (unpaired) electrons. The molecule has 1 aromatic heterocycles. The van der Waals surface area contributed by atoms with Gasteiger partial charge in [-0.3, -0.25) is 0 Å². The van der Waals surface area contributed by atoms with Gasteiger partial charge in [0.2, 0.25) is 11.7 Å². The summed E-state index contributed by atoms with van der Waals surface area (Å²) in [6.45, 7) is 5.48. The van der Waals surface area contributed by atoms with Crippen LogP contribution >= 0.6 is 0 Å². The lowest BCUT2D eigenvalue weighted by atomic mass is 10.0. The molecule has 2 unspecified atom stereocenters. The van der Waals surface area contributed by atoms with Crippen molar-refractivity contribution < 1.29 is 14.0 Å². The second kappa shape index (κ2) is 4.48. The van der Waals surface area contributed by atoms with Gasteiger partial charge in [0.1, 0.15) is 6.10 Å². The van der Waals surface area contributed by atoms with Gasteiger partial charge in [-0.25, -0.2) is 0 Å². The molecular weight excluding hydrogens is 210 g/mol. The number of hydrogen-bond donors (Lipinski definition) is 1. The van der Waals surface area contributed by atoms with Crippen LogP contribution in [0.3, 0.4) is 0 Å². The normalized spacial score (nSPS) is 25.3. The maximum atomic E-state index is 6.01. The minimum atomic E-state index is -0.583. The van der Waals surface area contributed by atoms with E-state index in [0.29, 0.717) is 31.5 Å². The second-order valence-electron chi connectivity index (χ2n) is 4.16. The van der Waals surface area contributed by atoms with E-state index in [-0.39, 0.29) is 6.10 Å². The van der Waals surface area contributed by atoms with Crippen LogP contribution in [0, 0.1) is 0 Å². The van der Waals surface area contributed by atoms with Crippen molar-refractivity contribution in [1.82, 2.24) is 10.1 Å². The molecule has 1 fully saturated rings. The Morgan fingerprint density at radius 1 is 1.50 bits per heavy atom. The van der Waals surface area contributed by atoms with Crippen LogP contribution in [0.25, 0.3) is 0 Å². The molecular formula is C10H17N3O3. The molecule has 2 N–H and O–H groups in total. The molecule has 1 aliphatic heterocycles. The van der Waals surface area contributed by atoms with E-state index in [4.69, 9.17) is 19.7 Å². The predicted molar refractivity (Wildman–Crippen MR) is 55.6 cm³/mol. The average Bonchev–Trinajstić information content (AvgIpc) is 2.80. The number of nitrogens with two attached hydrogens (primary N) is 1. The SMILES string of the molecule is CCC(C)(N)c1nc(C2COCCO2)no1. The Morgan fingerprint density at radius 2 is 2.31 bits per heavy atom. The van der Waals surface area contributed by atoms with Crippen LogP contribution in [0.4, 0.5) is 0 Å². The van der Waals surface area contributed by atoms with E-state index >= 15 is 0 Å². The smallest absolute Gasteiger partial charge is 0.246 e. The highest BCUT2D eigenvalue weighted by Gasteiger charge is 2.29. The standard InChI is InChI=1S/C10H17N3O3/c1-3-10(2,11)9-12-8(13-16-9)7-6-14-4-5-15-7/h7H,3-6,11H2,1-2H3. The summed E-state index contributed by atoms with van der Waals surface area (Å²) in [5.41, 5.74) is 5.43. The third-order valence-electron chi connectivity index (χ3n) is 2.77. The first-order chi connectivity index (χ1) is 7.63. The van der Waals surface area contributed by atoms with Crippen LogP contribution in [0.1, 0.15) is 38.1 Å². The Hall–Kier alpha value is -0.980. The number of ether oxygens (including phenoxy) is 2. The van der Waals surface area contributed by atoms with E-state index in [1.54, 1.807) is 0 Å². The molecule has 0 aromatic carbocycles. The van der Waals surface area contributed by atoms with Crippen molar-refractivity contribution in [2.75, 3.05) is 19.8 Å². The summed E-state index contributed by atoms with van der Waals surface area (Å²) in [6.07, 6.45) is 0.496. The van der Waals surface area contributed by atoms with Gasteiger partial charge in [0.15, 0.2) is 0 Å². The fourth-order valence-electron chi connectivity index (χ4n) is 1.39. The van der Waals surface area contributed by atoms with Gasteiger partial charge in [-0.15, -0.1) is 0 Å². The third kappa shape index (κ3) is 2.23. The summed E-state index contributed by atoms with van der Waals surface area (Å²) in [7, 11) is 0. The molecule has 6 heteroatoms. The highest BCUT2D eigenvalue weighted by molar-refractivity contribution is 5.01. The van der Waals surface area contributed by atoms with Crippen LogP contribution < -0.4 is 5.73 Å². The van der Waals surface area contributed by atoms with E-state index < -0.39 is 5.54 Å². The maximum absolute atomic E-state index is 6.01. The van der Waals surface area contributed by atoms with E-state index in [1.165, 1.54) is 0 Å². The lowest BCUT2D eigenvalue weighted by Gasteiger charge is -2.20. The number of hydrogen-bond acceptors (Lipinski definition) is 6. The van der Waals surface area contributed by atoms with E-state index in [0.717, 1.165) is 6.42 Å². The summed E-state index contributed by atoms with van der Waals surface area (Å²) in [5, 5.41) is 3.88. The largest absolute Gasteiger partial charge is 0.376 e. The first-order valence-corrected chi connectivity index (χ1v) is 5.46. The first-order valence-electron chi connectivity index (χ1n) is 5.46. The highest BCUT2D eigenvalue weighted by Crippen LogP contribution is 2.23. The summed E-state index contributed by atoms with van der Waals surface area (Å²) < 4.78 is 15.9. The lowest BCUT2D eigenvalue weighted by Crippen LogP contribution is -2.32. The van der Waals surface area contributed by atoms with Gasteiger partial charge in [0.05, 0.1) is 25.4 Å². The van der Waals surface area contributed by atoms with Crippen molar-refractivity contribution in [2.45, 2.75) is 31.9 Å². The highest BCUT2D eigenvalue weighted by atomic mass is 16.6. The third-order valence-corrected chi connectivity index (χ3v) is 2.77. The minimum Gasteiger partial charge on any atom is -0.376 e. The molecule has 0 spiro atoms. The number of nitrogens with zero attached hydrogens (tertiary/aromatic N) is 2. The fourth-order valence-corrected chi connectivity index (χ4v) is 1.39. The summed E-state index contributed by atoms with van der Waals surface area (Å²) >= 11 is 0. The first kappa shape index (κ1) is 11.5. The molecule has 6 nitrogen and oxygen atoms in total. The van der Waals surface area contributed by atoms with Gasteiger partial charge in [-0.1, -0.05) is 12.1 Å². The van der Waals surface area contributed by atoms with Gasteiger partial charge < -0.3 is 19.7 Å². The Kier molecular flexibility index (Phi) is 3.22. The zero-order valence-corrected chi connectivity index (χ0v) is 9.60. The second-order valence-corrected chi connectivity index (χ2v) is 4.16. The molecule has 0 bridgehead atoms. The fraction of sp³-hybridized carbons (Fsp3) is 0.800. The van der Waals surface area contributed by atoms with Crippen molar-refractivity contribution in [1.29, 1.82) is 0 Å². The Balaban J connectivity index is 2.12. The summed E-state index contributed by atoms with van der Waals surface area (Å²) in [6, 6.07) is 0. The lowest BCUT2D eigenvalue weighted by molar-refractivity contribution is -0.0941. The van der Waals surface area contributed by atoms with E-state index in [2.05, 4.69) is 10.1 Å². The molecule has 2 atom stereocenters. The zero-order valence-electron chi connectivity index (χ0n) is 9.60. The summed E-state index contributed by atoms with van der Waals surface area (Å²) in [5.74, 6) is 0.957. The van der Waals surface area contributed by atoms with Crippen LogP contribution in [0.2, 0.25) is 0 Å². The quantitative estimate of drug-likeness (QED) is 0.820. The van der Waals surface area contributed by atoms with Gasteiger partial charge in [-0.05, 0) is 13.3 Å². The van der Waals surface area contributed by atoms with Crippen molar-refractivity contribution in [3.8, 4) is 0 Å². The van der Waals surface area contributed by atoms with Crippen LogP contribution in [0.15, 0.2) is 4.52 Å². The van der Waals surface area contributed by atoms with Crippen molar-refractivity contribution >= 4 is 0 Å². The van der Waals surface area contributed by atoms with E-state index in [1.807, 2.05) is 13.8 Å². The van der Waals surface area contributed by atoms with Crippen LogP contribution in [0.5, 0.6) is 0 Å². The maximum Gasteiger partial charge on any atom is 0.246 e. The topological polar surface area (TPSA) is 83.4 Å². The van der Waals surface area contributed by atoms with Crippen molar-refractivity contribution in [2.24, 2.45) is 5.73 Å². The van der Waals surface area contributed by atoms with Crippen LogP contribution in [-0.2, 0) is 15.0 Å². The number of aromatic nitrogens is 2. The molecule has 2 rings (SSSR count). The van der Waals surface area contributed by atoms with Gasteiger partial charge in [-0.2, -0.15) is 4.98 Å². The Labute approximate surface area is 94.1 Å². The zero-order chi connectivity index (χ0) is 11.6. The molecule has 1 saturated heterocycles. The molecule has 0 amide bonds. The van der Waals surface area contributed by atoms with Gasteiger partial charge in [0.25, 0.3) is 0 Å².